The number of nitrogens with two attached hydrogens (primary N) is 1. The lowest BCUT2D eigenvalue weighted by atomic mass is 10.1. The summed E-state index contributed by atoms with van der Waals surface area (Å²) in [5, 5.41) is 0. The van der Waals surface area contributed by atoms with Crippen molar-refractivity contribution in [2.24, 2.45) is 5.73 Å². The first kappa shape index (κ1) is 19.0. The number of halogens is 3. The van der Waals surface area contributed by atoms with E-state index in [1.54, 1.807) is 24.4 Å². The second-order valence-electron chi connectivity index (χ2n) is 6.15. The maximum absolute atomic E-state index is 13.8. The van der Waals surface area contributed by atoms with E-state index >= 15 is 0 Å². The highest BCUT2D eigenvalue weighted by atomic mass is 19.3. The maximum atomic E-state index is 13.8. The van der Waals surface area contributed by atoms with Crippen LogP contribution in [0, 0.1) is 5.82 Å². The van der Waals surface area contributed by atoms with Crippen LogP contribution < -0.4 is 15.4 Å². The Bertz CT molecular complexity index is 811. The van der Waals surface area contributed by atoms with E-state index in [2.05, 4.69) is 14.6 Å². The van der Waals surface area contributed by atoms with Gasteiger partial charge in [-0.1, -0.05) is 6.07 Å². The van der Waals surface area contributed by atoms with Crippen molar-refractivity contribution >= 4 is 11.7 Å². The third-order valence-corrected chi connectivity index (χ3v) is 4.34. The molecule has 2 N–H and O–H groups in total. The molecule has 1 aromatic carbocycles. The quantitative estimate of drug-likeness (QED) is 0.832. The number of ether oxygens (including phenoxy) is 1. The van der Waals surface area contributed by atoms with Gasteiger partial charge in [-0.05, 0) is 29.8 Å². The fourth-order valence-electron chi connectivity index (χ4n) is 3.05. The van der Waals surface area contributed by atoms with E-state index in [0.717, 1.165) is 0 Å². The van der Waals surface area contributed by atoms with Crippen molar-refractivity contribution in [3.05, 3.63) is 53.5 Å². The van der Waals surface area contributed by atoms with Crippen molar-refractivity contribution in [1.29, 1.82) is 0 Å². The first-order valence-corrected chi connectivity index (χ1v) is 8.39. The van der Waals surface area contributed by atoms with Crippen LogP contribution >= 0.6 is 0 Å². The molecule has 2 heterocycles. The molecule has 1 fully saturated rings. The minimum Gasteiger partial charge on any atom is -0.432 e. The summed E-state index contributed by atoms with van der Waals surface area (Å²) in [7, 11) is 0. The summed E-state index contributed by atoms with van der Waals surface area (Å²) >= 11 is 0. The van der Waals surface area contributed by atoms with Gasteiger partial charge >= 0.3 is 6.61 Å². The zero-order valence-electron chi connectivity index (χ0n) is 14.4. The third-order valence-electron chi connectivity index (χ3n) is 4.34. The summed E-state index contributed by atoms with van der Waals surface area (Å²) in [4.78, 5) is 19.9. The molecule has 27 heavy (non-hydrogen) atoms. The lowest BCUT2D eigenvalue weighted by Gasteiger charge is -2.36. The van der Waals surface area contributed by atoms with E-state index < -0.39 is 24.1 Å². The molecule has 1 aliphatic heterocycles. The van der Waals surface area contributed by atoms with Gasteiger partial charge in [0, 0.05) is 38.9 Å². The SMILES string of the molecule is NC(=O)c1cccnc1N1CCN(Cc2ccc(OC(F)F)c(F)c2)CC1. The van der Waals surface area contributed by atoms with Crippen molar-refractivity contribution < 1.29 is 22.7 Å². The number of alkyl halides is 2. The zero-order valence-corrected chi connectivity index (χ0v) is 14.4. The van der Waals surface area contributed by atoms with E-state index in [1.165, 1.54) is 12.1 Å². The lowest BCUT2D eigenvalue weighted by molar-refractivity contribution is -0.0522. The van der Waals surface area contributed by atoms with Gasteiger partial charge in [-0.15, -0.1) is 0 Å². The zero-order chi connectivity index (χ0) is 19.4. The molecule has 9 heteroatoms. The summed E-state index contributed by atoms with van der Waals surface area (Å²) in [6.45, 7) is 0.0241. The molecule has 0 aliphatic carbocycles. The van der Waals surface area contributed by atoms with Crippen LogP contribution in [0.15, 0.2) is 36.5 Å². The molecule has 0 saturated carbocycles. The Labute approximate surface area is 154 Å². The Kier molecular flexibility index (Phi) is 5.80. The number of hydrogen-bond donors (Lipinski definition) is 1. The van der Waals surface area contributed by atoms with Gasteiger partial charge in [0.15, 0.2) is 11.6 Å². The van der Waals surface area contributed by atoms with Crippen molar-refractivity contribution in [2.75, 3.05) is 31.1 Å². The van der Waals surface area contributed by atoms with Gasteiger partial charge in [0.2, 0.25) is 0 Å². The molecular weight excluding hydrogens is 361 g/mol. The van der Waals surface area contributed by atoms with E-state index in [0.29, 0.717) is 49.7 Å². The fraction of sp³-hybridized carbons (Fsp3) is 0.333. The number of benzene rings is 1. The minimum atomic E-state index is -3.06. The third kappa shape index (κ3) is 4.68. The average Bonchev–Trinajstić information content (AvgIpc) is 2.64. The second kappa shape index (κ2) is 8.26. The van der Waals surface area contributed by atoms with Crippen LogP contribution in [-0.4, -0.2) is 48.6 Å². The molecule has 0 radical (unpaired) electrons. The number of amides is 1. The molecule has 0 atom stereocenters. The number of nitrogens with zero attached hydrogens (tertiary/aromatic N) is 3. The lowest BCUT2D eigenvalue weighted by Crippen LogP contribution is -2.46. The van der Waals surface area contributed by atoms with Crippen molar-refractivity contribution in [3.8, 4) is 5.75 Å². The van der Waals surface area contributed by atoms with Gasteiger partial charge in [-0.2, -0.15) is 8.78 Å². The Morgan fingerprint density at radius 2 is 1.96 bits per heavy atom. The minimum absolute atomic E-state index is 0.377. The van der Waals surface area contributed by atoms with Gasteiger partial charge in [0.25, 0.3) is 5.91 Å². The number of hydrogen-bond acceptors (Lipinski definition) is 5. The summed E-state index contributed by atoms with van der Waals surface area (Å²) in [6, 6.07) is 7.28. The highest BCUT2D eigenvalue weighted by molar-refractivity contribution is 5.97. The molecule has 0 bridgehead atoms. The number of pyridine rings is 1. The van der Waals surface area contributed by atoms with Crippen LogP contribution in [0.4, 0.5) is 19.0 Å². The largest absolute Gasteiger partial charge is 0.432 e. The van der Waals surface area contributed by atoms with Gasteiger partial charge in [0.1, 0.15) is 5.82 Å². The molecule has 0 unspecified atom stereocenters. The maximum Gasteiger partial charge on any atom is 0.387 e. The highest BCUT2D eigenvalue weighted by Gasteiger charge is 2.22. The number of carbonyl (C=O) groups excluding carboxylic acids is 1. The van der Waals surface area contributed by atoms with Gasteiger partial charge in [-0.3, -0.25) is 9.69 Å². The van der Waals surface area contributed by atoms with Crippen LogP contribution in [0.25, 0.3) is 0 Å². The topological polar surface area (TPSA) is 71.7 Å². The standard InChI is InChI=1S/C18H19F3N4O2/c19-14-10-12(3-4-15(14)27-18(20)21)11-24-6-8-25(9-7-24)17-13(16(22)26)2-1-5-23-17/h1-5,10,18H,6-9,11H2,(H2,22,26). The normalized spacial score (nSPS) is 15.2. The van der Waals surface area contributed by atoms with Gasteiger partial charge < -0.3 is 15.4 Å². The first-order valence-electron chi connectivity index (χ1n) is 8.39. The van der Waals surface area contributed by atoms with E-state index in [1.807, 2.05) is 4.90 Å². The van der Waals surface area contributed by atoms with Crippen LogP contribution in [0.2, 0.25) is 0 Å². The summed E-state index contributed by atoms with van der Waals surface area (Å²) in [5.41, 5.74) is 6.44. The summed E-state index contributed by atoms with van der Waals surface area (Å²) < 4.78 is 42.3. The first-order chi connectivity index (χ1) is 12.9. The van der Waals surface area contributed by atoms with Gasteiger partial charge in [-0.25, -0.2) is 9.37 Å². The number of aromatic nitrogens is 1. The van der Waals surface area contributed by atoms with Crippen LogP contribution in [0.1, 0.15) is 15.9 Å². The van der Waals surface area contributed by atoms with Crippen molar-refractivity contribution in [2.45, 2.75) is 13.2 Å². The van der Waals surface area contributed by atoms with Crippen LogP contribution in [-0.2, 0) is 6.54 Å². The summed E-state index contributed by atoms with van der Waals surface area (Å²) in [6.07, 6.45) is 1.61. The molecule has 1 aliphatic rings. The molecule has 1 saturated heterocycles. The monoisotopic (exact) mass is 380 g/mol. The van der Waals surface area contributed by atoms with Crippen LogP contribution in [0.5, 0.6) is 5.75 Å². The number of piperazine rings is 1. The molecular formula is C18H19F3N4O2. The summed E-state index contributed by atoms with van der Waals surface area (Å²) in [5.74, 6) is -1.25. The molecule has 0 spiro atoms. The Morgan fingerprint density at radius 3 is 2.59 bits per heavy atom. The fourth-order valence-corrected chi connectivity index (χ4v) is 3.05. The molecule has 3 rings (SSSR count). The molecule has 2 aromatic rings. The average molecular weight is 380 g/mol. The predicted octanol–water partition coefficient (Wildman–Crippen LogP) is 2.24. The van der Waals surface area contributed by atoms with Gasteiger partial charge in [0.05, 0.1) is 5.56 Å². The van der Waals surface area contributed by atoms with Crippen LogP contribution in [0.3, 0.4) is 0 Å². The van der Waals surface area contributed by atoms with E-state index in [9.17, 15) is 18.0 Å². The molecule has 1 aromatic heterocycles. The van der Waals surface area contributed by atoms with Crippen molar-refractivity contribution in [1.82, 2.24) is 9.88 Å². The number of primary amides is 1. The second-order valence-corrected chi connectivity index (χ2v) is 6.15. The smallest absolute Gasteiger partial charge is 0.387 e. The highest BCUT2D eigenvalue weighted by Crippen LogP contribution is 2.23. The molecule has 144 valence electrons. The Balaban J connectivity index is 1.60. The number of anilines is 1. The van der Waals surface area contributed by atoms with E-state index in [4.69, 9.17) is 5.73 Å². The Morgan fingerprint density at radius 1 is 1.22 bits per heavy atom. The molecule has 1 amide bonds. The predicted molar refractivity (Wildman–Crippen MR) is 93.3 cm³/mol. The number of rotatable bonds is 6. The molecule has 6 nitrogen and oxygen atoms in total. The Hall–Kier alpha value is -2.81. The number of carbonyl (C=O) groups is 1. The van der Waals surface area contributed by atoms with E-state index in [-0.39, 0.29) is 0 Å². The van der Waals surface area contributed by atoms with Crippen molar-refractivity contribution in [3.63, 3.8) is 0 Å².